The minimum absolute atomic E-state index is 0.155. The molecule has 1 saturated heterocycles. The molecule has 104 valence electrons. The Morgan fingerprint density at radius 2 is 2.26 bits per heavy atom. The van der Waals surface area contributed by atoms with Crippen LogP contribution in [0.1, 0.15) is 48.8 Å². The van der Waals surface area contributed by atoms with Gasteiger partial charge in [0.15, 0.2) is 5.69 Å². The quantitative estimate of drug-likeness (QED) is 0.621. The predicted octanol–water partition coefficient (Wildman–Crippen LogP) is 0.124. The van der Waals surface area contributed by atoms with Gasteiger partial charge in [-0.1, -0.05) is 13.8 Å². The van der Waals surface area contributed by atoms with Gasteiger partial charge in [0.25, 0.3) is 5.91 Å². The van der Waals surface area contributed by atoms with E-state index in [9.17, 15) is 9.59 Å². The Morgan fingerprint density at radius 3 is 2.84 bits per heavy atom. The van der Waals surface area contributed by atoms with Gasteiger partial charge in [-0.15, -0.1) is 0 Å². The van der Waals surface area contributed by atoms with Gasteiger partial charge in [-0.2, -0.15) is 5.10 Å². The third-order valence-corrected chi connectivity index (χ3v) is 3.22. The Hall–Kier alpha value is -2.05. The Kier molecular flexibility index (Phi) is 3.73. The molecule has 1 fully saturated rings. The minimum atomic E-state index is -0.500. The van der Waals surface area contributed by atoms with Gasteiger partial charge >= 0.3 is 0 Å². The van der Waals surface area contributed by atoms with Gasteiger partial charge in [-0.05, 0) is 18.8 Å². The lowest BCUT2D eigenvalue weighted by atomic mass is 10.1. The number of anilines is 1. The normalized spacial score (nSPS) is 19.3. The summed E-state index contributed by atoms with van der Waals surface area (Å²) in [5, 5.41) is 12.1. The van der Waals surface area contributed by atoms with Crippen molar-refractivity contribution in [3.63, 3.8) is 0 Å². The molecule has 1 aromatic rings. The van der Waals surface area contributed by atoms with Crippen LogP contribution < -0.4 is 16.4 Å². The van der Waals surface area contributed by atoms with Crippen molar-refractivity contribution in [1.29, 1.82) is 0 Å². The van der Waals surface area contributed by atoms with Crippen LogP contribution in [0.15, 0.2) is 0 Å². The molecule has 7 nitrogen and oxygen atoms in total. The van der Waals surface area contributed by atoms with Crippen LogP contribution in [-0.2, 0) is 4.79 Å². The molecular formula is C12H19N5O2. The van der Waals surface area contributed by atoms with Crippen molar-refractivity contribution >= 4 is 17.5 Å². The van der Waals surface area contributed by atoms with Gasteiger partial charge in [-0.3, -0.25) is 14.7 Å². The van der Waals surface area contributed by atoms with Crippen molar-refractivity contribution < 1.29 is 9.59 Å². The maximum absolute atomic E-state index is 12.1. The third-order valence-electron chi connectivity index (χ3n) is 3.22. The van der Waals surface area contributed by atoms with Crippen LogP contribution in [0.3, 0.4) is 0 Å². The smallest absolute Gasteiger partial charge is 0.274 e. The number of nitrogens with zero attached hydrogens (tertiary/aromatic N) is 1. The fourth-order valence-corrected chi connectivity index (χ4v) is 2.11. The van der Waals surface area contributed by atoms with Crippen molar-refractivity contribution in [2.75, 3.05) is 12.3 Å². The van der Waals surface area contributed by atoms with Crippen LogP contribution in [0.25, 0.3) is 0 Å². The summed E-state index contributed by atoms with van der Waals surface area (Å²) in [7, 11) is 0. The maximum Gasteiger partial charge on any atom is 0.274 e. The summed E-state index contributed by atoms with van der Waals surface area (Å²) in [6.07, 6.45) is 1.49. The molecule has 0 aliphatic carbocycles. The molecule has 19 heavy (non-hydrogen) atoms. The van der Waals surface area contributed by atoms with E-state index in [0.29, 0.717) is 18.7 Å². The summed E-state index contributed by atoms with van der Waals surface area (Å²) in [4.78, 5) is 23.6. The van der Waals surface area contributed by atoms with E-state index in [1.807, 2.05) is 13.8 Å². The molecule has 2 heterocycles. The zero-order valence-corrected chi connectivity index (χ0v) is 11.1. The fraction of sp³-hybridized carbons (Fsp3) is 0.583. The monoisotopic (exact) mass is 265 g/mol. The highest BCUT2D eigenvalue weighted by Gasteiger charge is 2.26. The third kappa shape index (κ3) is 2.69. The van der Waals surface area contributed by atoms with Gasteiger partial charge in [-0.25, -0.2) is 0 Å². The van der Waals surface area contributed by atoms with E-state index in [1.54, 1.807) is 0 Å². The lowest BCUT2D eigenvalue weighted by Gasteiger charge is -2.22. The van der Waals surface area contributed by atoms with E-state index in [1.165, 1.54) is 0 Å². The average Bonchev–Trinajstić information content (AvgIpc) is 2.74. The highest BCUT2D eigenvalue weighted by molar-refractivity contribution is 6.00. The molecule has 0 radical (unpaired) electrons. The van der Waals surface area contributed by atoms with E-state index in [4.69, 9.17) is 5.73 Å². The summed E-state index contributed by atoms with van der Waals surface area (Å²) in [5.41, 5.74) is 7.13. The first-order valence-electron chi connectivity index (χ1n) is 6.43. The number of aromatic nitrogens is 2. The SMILES string of the molecule is CC(C)c1[nH]nc(C(=O)NC2CCCNC2=O)c1N. The number of hydrogen-bond donors (Lipinski definition) is 4. The molecule has 0 bridgehead atoms. The number of amides is 2. The van der Waals surface area contributed by atoms with E-state index < -0.39 is 11.9 Å². The molecule has 1 aliphatic heterocycles. The Bertz CT molecular complexity index is 494. The summed E-state index contributed by atoms with van der Waals surface area (Å²) in [5.74, 6) is -0.410. The first-order chi connectivity index (χ1) is 9.00. The topological polar surface area (TPSA) is 113 Å². The number of nitrogens with two attached hydrogens (primary N) is 1. The standard InChI is InChI=1S/C12H19N5O2/c1-6(2)9-8(13)10(17-16-9)12(19)15-7-4-3-5-14-11(7)18/h6-7H,3-5,13H2,1-2H3,(H,14,18)(H,15,19)(H,16,17). The Balaban J connectivity index is 2.09. The van der Waals surface area contributed by atoms with Crippen molar-refractivity contribution in [2.24, 2.45) is 0 Å². The molecule has 0 saturated carbocycles. The molecule has 1 aliphatic rings. The van der Waals surface area contributed by atoms with Crippen LogP contribution in [0, 0.1) is 0 Å². The number of aromatic amines is 1. The Labute approximate surface area is 111 Å². The van der Waals surface area contributed by atoms with Crippen molar-refractivity contribution in [2.45, 2.75) is 38.6 Å². The largest absolute Gasteiger partial charge is 0.395 e. The number of nitrogens with one attached hydrogen (secondary N) is 3. The highest BCUT2D eigenvalue weighted by Crippen LogP contribution is 2.22. The van der Waals surface area contributed by atoms with Crippen LogP contribution in [0.5, 0.6) is 0 Å². The first-order valence-corrected chi connectivity index (χ1v) is 6.43. The van der Waals surface area contributed by atoms with E-state index in [2.05, 4.69) is 20.8 Å². The summed E-state index contributed by atoms with van der Waals surface area (Å²) in [6.45, 7) is 4.58. The minimum Gasteiger partial charge on any atom is -0.395 e. The van der Waals surface area contributed by atoms with Crippen LogP contribution in [0.2, 0.25) is 0 Å². The molecule has 0 aromatic carbocycles. The number of carbonyl (C=O) groups excluding carboxylic acids is 2. The molecule has 7 heteroatoms. The molecule has 1 unspecified atom stereocenters. The van der Waals surface area contributed by atoms with E-state index >= 15 is 0 Å². The van der Waals surface area contributed by atoms with Crippen LogP contribution >= 0.6 is 0 Å². The lowest BCUT2D eigenvalue weighted by molar-refractivity contribution is -0.124. The zero-order valence-electron chi connectivity index (χ0n) is 11.1. The number of H-pyrrole nitrogens is 1. The molecule has 2 rings (SSSR count). The fourth-order valence-electron chi connectivity index (χ4n) is 2.11. The predicted molar refractivity (Wildman–Crippen MR) is 70.6 cm³/mol. The molecule has 5 N–H and O–H groups in total. The summed E-state index contributed by atoms with van der Waals surface area (Å²) >= 11 is 0. The number of piperidine rings is 1. The van der Waals surface area contributed by atoms with E-state index in [0.717, 1.165) is 12.1 Å². The van der Waals surface area contributed by atoms with Crippen molar-refractivity contribution in [3.05, 3.63) is 11.4 Å². The molecule has 1 atom stereocenters. The second-order valence-electron chi connectivity index (χ2n) is 5.01. The molecule has 1 aromatic heterocycles. The average molecular weight is 265 g/mol. The molecule has 0 spiro atoms. The molecule has 2 amide bonds. The number of rotatable bonds is 3. The van der Waals surface area contributed by atoms with Gasteiger partial charge in [0.1, 0.15) is 6.04 Å². The van der Waals surface area contributed by atoms with Gasteiger partial charge in [0.2, 0.25) is 5.91 Å². The van der Waals surface area contributed by atoms with Crippen molar-refractivity contribution in [3.8, 4) is 0 Å². The number of carbonyl (C=O) groups is 2. The maximum atomic E-state index is 12.1. The van der Waals surface area contributed by atoms with Crippen LogP contribution in [0.4, 0.5) is 5.69 Å². The summed E-state index contributed by atoms with van der Waals surface area (Å²) < 4.78 is 0. The van der Waals surface area contributed by atoms with Crippen LogP contribution in [-0.4, -0.2) is 34.6 Å². The highest BCUT2D eigenvalue weighted by atomic mass is 16.2. The Morgan fingerprint density at radius 1 is 1.53 bits per heavy atom. The summed E-state index contributed by atoms with van der Waals surface area (Å²) in [6, 6.07) is -0.500. The second kappa shape index (κ2) is 5.29. The first kappa shape index (κ1) is 13.4. The van der Waals surface area contributed by atoms with Gasteiger partial charge in [0, 0.05) is 6.54 Å². The lowest BCUT2D eigenvalue weighted by Crippen LogP contribution is -2.50. The molecular weight excluding hydrogens is 246 g/mol. The van der Waals surface area contributed by atoms with Crippen molar-refractivity contribution in [1.82, 2.24) is 20.8 Å². The zero-order chi connectivity index (χ0) is 14.0. The van der Waals surface area contributed by atoms with Gasteiger partial charge in [0.05, 0.1) is 11.4 Å². The van der Waals surface area contributed by atoms with E-state index in [-0.39, 0.29) is 17.5 Å². The van der Waals surface area contributed by atoms with Gasteiger partial charge < -0.3 is 16.4 Å². The second-order valence-corrected chi connectivity index (χ2v) is 5.01. The number of hydrogen-bond acceptors (Lipinski definition) is 4. The number of nitrogen functional groups attached to an aromatic ring is 1.